The van der Waals surface area contributed by atoms with E-state index in [0.29, 0.717) is 31.3 Å². The first-order valence-corrected chi connectivity index (χ1v) is 7.45. The van der Waals surface area contributed by atoms with Crippen LogP contribution in [-0.2, 0) is 4.79 Å². The van der Waals surface area contributed by atoms with Crippen molar-refractivity contribution in [1.82, 2.24) is 5.32 Å². The fourth-order valence-electron chi connectivity index (χ4n) is 3.49. The molecule has 1 aliphatic carbocycles. The van der Waals surface area contributed by atoms with Crippen molar-refractivity contribution in [2.75, 3.05) is 0 Å². The number of amides is 1. The first kappa shape index (κ1) is 14.1. The highest BCUT2D eigenvalue weighted by molar-refractivity contribution is 6.23. The van der Waals surface area contributed by atoms with E-state index in [0.717, 1.165) is 16.7 Å². The van der Waals surface area contributed by atoms with Crippen LogP contribution in [0, 0.1) is 13.8 Å². The van der Waals surface area contributed by atoms with Crippen molar-refractivity contribution in [3.8, 4) is 0 Å². The number of aryl methyl sites for hydroxylation is 2. The highest BCUT2D eigenvalue weighted by Gasteiger charge is 2.47. The van der Waals surface area contributed by atoms with E-state index in [1.165, 1.54) is 0 Å². The summed E-state index contributed by atoms with van der Waals surface area (Å²) in [5.41, 5.74) is 2.62. The molecule has 4 heteroatoms. The Morgan fingerprint density at radius 3 is 2.52 bits per heavy atom. The second kappa shape index (κ2) is 4.88. The average molecular weight is 287 g/mol. The lowest BCUT2D eigenvalue weighted by atomic mass is 9.79. The molecule has 0 radical (unpaired) electrons. The fourth-order valence-corrected chi connectivity index (χ4v) is 3.49. The Hall–Kier alpha value is -1.81. The first-order valence-electron chi connectivity index (χ1n) is 7.45. The molecule has 112 valence electrons. The van der Waals surface area contributed by atoms with E-state index in [2.05, 4.69) is 5.32 Å². The van der Waals surface area contributed by atoms with Crippen LogP contribution in [0.5, 0.6) is 0 Å². The number of carbonyl (C=O) groups is 1. The quantitative estimate of drug-likeness (QED) is 0.742. The van der Waals surface area contributed by atoms with E-state index in [4.69, 9.17) is 0 Å². The maximum Gasteiger partial charge on any atom is 0.256 e. The molecule has 1 aliphatic heterocycles. The second-order valence-corrected chi connectivity index (χ2v) is 6.31. The number of aliphatic hydroxyl groups excluding tert-OH is 2. The fraction of sp³-hybridized carbons (Fsp3) is 0.471. The van der Waals surface area contributed by atoms with Gasteiger partial charge in [0.2, 0.25) is 0 Å². The summed E-state index contributed by atoms with van der Waals surface area (Å²) in [7, 11) is 0. The van der Waals surface area contributed by atoms with Gasteiger partial charge in [-0.15, -0.1) is 0 Å². The Morgan fingerprint density at radius 2 is 1.90 bits per heavy atom. The standard InChI is InChI=1S/C17H21NO3/c1-10-3-4-13(11(2)9-10)14-15(20)17(18-16(14)21)7-5-12(19)6-8-17/h3-4,9,12,19-20H,5-8H2,1-2H3,(H,18,21). The molecule has 1 fully saturated rings. The number of benzene rings is 1. The molecule has 0 saturated heterocycles. The van der Waals surface area contributed by atoms with Crippen LogP contribution in [-0.4, -0.2) is 27.8 Å². The molecule has 1 amide bonds. The number of hydrogen-bond donors (Lipinski definition) is 3. The molecule has 3 rings (SSSR count). The zero-order chi connectivity index (χ0) is 15.2. The summed E-state index contributed by atoms with van der Waals surface area (Å²) in [5, 5.41) is 23.3. The summed E-state index contributed by atoms with van der Waals surface area (Å²) >= 11 is 0. The molecule has 21 heavy (non-hydrogen) atoms. The van der Waals surface area contributed by atoms with Gasteiger partial charge in [-0.3, -0.25) is 4.79 Å². The minimum absolute atomic E-state index is 0.145. The van der Waals surface area contributed by atoms with E-state index in [-0.39, 0.29) is 17.8 Å². The summed E-state index contributed by atoms with van der Waals surface area (Å²) < 4.78 is 0. The monoisotopic (exact) mass is 287 g/mol. The van der Waals surface area contributed by atoms with Gasteiger partial charge in [-0.2, -0.15) is 0 Å². The third kappa shape index (κ3) is 2.23. The van der Waals surface area contributed by atoms with Crippen molar-refractivity contribution >= 4 is 11.5 Å². The van der Waals surface area contributed by atoms with Gasteiger partial charge in [0.25, 0.3) is 5.91 Å². The molecule has 1 heterocycles. The molecule has 0 unspecified atom stereocenters. The number of aliphatic hydroxyl groups is 2. The molecule has 1 spiro atoms. The molecular formula is C17H21NO3. The van der Waals surface area contributed by atoms with Gasteiger partial charge in [-0.1, -0.05) is 23.8 Å². The lowest BCUT2D eigenvalue weighted by Crippen LogP contribution is -2.48. The van der Waals surface area contributed by atoms with E-state index < -0.39 is 5.54 Å². The van der Waals surface area contributed by atoms with Gasteiger partial charge in [0.05, 0.1) is 17.2 Å². The van der Waals surface area contributed by atoms with E-state index >= 15 is 0 Å². The lowest BCUT2D eigenvalue weighted by Gasteiger charge is -2.35. The second-order valence-electron chi connectivity index (χ2n) is 6.31. The zero-order valence-electron chi connectivity index (χ0n) is 12.4. The molecule has 1 aromatic rings. The lowest BCUT2D eigenvalue weighted by molar-refractivity contribution is -0.116. The minimum atomic E-state index is -0.678. The SMILES string of the molecule is Cc1ccc(C2=C(O)C3(CCC(O)CC3)NC2=O)c(C)c1. The van der Waals surface area contributed by atoms with Crippen LogP contribution in [0.15, 0.2) is 24.0 Å². The average Bonchev–Trinajstić information content (AvgIpc) is 2.66. The predicted molar refractivity (Wildman–Crippen MR) is 80.8 cm³/mol. The first-order chi connectivity index (χ1) is 9.93. The maximum atomic E-state index is 12.4. The van der Waals surface area contributed by atoms with Crippen molar-refractivity contribution in [3.05, 3.63) is 40.6 Å². The normalized spacial score (nSPS) is 29.1. The smallest absolute Gasteiger partial charge is 0.256 e. The van der Waals surface area contributed by atoms with Crippen molar-refractivity contribution in [3.63, 3.8) is 0 Å². The topological polar surface area (TPSA) is 69.6 Å². The summed E-state index contributed by atoms with van der Waals surface area (Å²) in [6.07, 6.45) is 2.04. The van der Waals surface area contributed by atoms with Crippen LogP contribution in [0.4, 0.5) is 0 Å². The molecule has 0 bridgehead atoms. The highest BCUT2D eigenvalue weighted by atomic mass is 16.3. The Balaban J connectivity index is 2.04. The van der Waals surface area contributed by atoms with Gasteiger partial charge in [-0.25, -0.2) is 0 Å². The summed E-state index contributed by atoms with van der Waals surface area (Å²) in [6.45, 7) is 3.95. The van der Waals surface area contributed by atoms with Crippen molar-refractivity contribution in [2.24, 2.45) is 0 Å². The van der Waals surface area contributed by atoms with Gasteiger partial charge < -0.3 is 15.5 Å². The van der Waals surface area contributed by atoms with Gasteiger partial charge in [0.1, 0.15) is 5.76 Å². The Morgan fingerprint density at radius 1 is 1.24 bits per heavy atom. The third-order valence-corrected chi connectivity index (χ3v) is 4.73. The maximum absolute atomic E-state index is 12.4. The highest BCUT2D eigenvalue weighted by Crippen LogP contribution is 2.41. The molecule has 1 aromatic carbocycles. The minimum Gasteiger partial charge on any atom is -0.509 e. The summed E-state index contributed by atoms with van der Waals surface area (Å²) in [5.74, 6) is -0.0674. The van der Waals surface area contributed by atoms with Gasteiger partial charge in [0, 0.05) is 0 Å². The molecule has 1 saturated carbocycles. The zero-order valence-corrected chi connectivity index (χ0v) is 12.4. The number of carbonyl (C=O) groups excluding carboxylic acids is 1. The van der Waals surface area contributed by atoms with Crippen LogP contribution < -0.4 is 5.32 Å². The van der Waals surface area contributed by atoms with Crippen LogP contribution >= 0.6 is 0 Å². The molecular weight excluding hydrogens is 266 g/mol. The number of nitrogens with one attached hydrogen (secondary N) is 1. The molecule has 2 aliphatic rings. The Bertz CT molecular complexity index is 625. The van der Waals surface area contributed by atoms with Crippen LogP contribution in [0.3, 0.4) is 0 Å². The van der Waals surface area contributed by atoms with Crippen molar-refractivity contribution in [2.45, 2.75) is 51.2 Å². The largest absolute Gasteiger partial charge is 0.509 e. The van der Waals surface area contributed by atoms with Gasteiger partial charge >= 0.3 is 0 Å². The molecule has 4 nitrogen and oxygen atoms in total. The van der Waals surface area contributed by atoms with Crippen LogP contribution in [0.25, 0.3) is 5.57 Å². The third-order valence-electron chi connectivity index (χ3n) is 4.73. The van der Waals surface area contributed by atoms with E-state index in [9.17, 15) is 15.0 Å². The summed E-state index contributed by atoms with van der Waals surface area (Å²) in [4.78, 5) is 12.4. The molecule has 3 N–H and O–H groups in total. The Kier molecular flexibility index (Phi) is 3.29. The number of hydrogen-bond acceptors (Lipinski definition) is 3. The van der Waals surface area contributed by atoms with E-state index in [1.54, 1.807) is 0 Å². The van der Waals surface area contributed by atoms with Gasteiger partial charge in [0.15, 0.2) is 0 Å². The van der Waals surface area contributed by atoms with Gasteiger partial charge in [-0.05, 0) is 50.7 Å². The Labute approximate surface area is 124 Å². The number of rotatable bonds is 1. The summed E-state index contributed by atoms with van der Waals surface area (Å²) in [6, 6.07) is 5.86. The predicted octanol–water partition coefficient (Wildman–Crippen LogP) is 2.38. The van der Waals surface area contributed by atoms with Crippen molar-refractivity contribution in [1.29, 1.82) is 0 Å². The van der Waals surface area contributed by atoms with Crippen molar-refractivity contribution < 1.29 is 15.0 Å². The van der Waals surface area contributed by atoms with Crippen LogP contribution in [0.1, 0.15) is 42.4 Å². The van der Waals surface area contributed by atoms with E-state index in [1.807, 2.05) is 32.0 Å². The molecule has 0 aromatic heterocycles. The van der Waals surface area contributed by atoms with Crippen LogP contribution in [0.2, 0.25) is 0 Å². The molecule has 0 atom stereocenters.